The molecule has 90 valence electrons. The third kappa shape index (κ3) is 2.62. The van der Waals surface area contributed by atoms with Crippen LogP contribution in [0, 0.1) is 20.8 Å². The number of benzene rings is 1. The summed E-state index contributed by atoms with van der Waals surface area (Å²) in [4.78, 5) is 0. The number of aromatic nitrogens is 2. The Morgan fingerprint density at radius 2 is 1.82 bits per heavy atom. The van der Waals surface area contributed by atoms with E-state index < -0.39 is 0 Å². The van der Waals surface area contributed by atoms with E-state index in [0.29, 0.717) is 11.7 Å². The summed E-state index contributed by atoms with van der Waals surface area (Å²) in [5, 5.41) is 9.36. The molecule has 1 heterocycles. The Hall–Kier alpha value is -1.46. The van der Waals surface area contributed by atoms with Crippen LogP contribution in [0.4, 0.5) is 0 Å². The molecule has 5 heteroatoms. The van der Waals surface area contributed by atoms with Crippen molar-refractivity contribution < 1.29 is 4.74 Å². The molecule has 1 aromatic heterocycles. The number of nitrogens with two attached hydrogens (primary N) is 1. The summed E-state index contributed by atoms with van der Waals surface area (Å²) in [6.45, 7) is 6.46. The van der Waals surface area contributed by atoms with Crippen LogP contribution < -0.4 is 10.5 Å². The molecule has 0 amide bonds. The van der Waals surface area contributed by atoms with Gasteiger partial charge in [0.2, 0.25) is 0 Å². The van der Waals surface area contributed by atoms with Crippen molar-refractivity contribution in [1.82, 2.24) is 10.2 Å². The average molecular weight is 249 g/mol. The van der Waals surface area contributed by atoms with Gasteiger partial charge in [-0.25, -0.2) is 0 Å². The predicted molar refractivity (Wildman–Crippen MR) is 68.5 cm³/mol. The fourth-order valence-electron chi connectivity index (χ4n) is 1.73. The van der Waals surface area contributed by atoms with Gasteiger partial charge >= 0.3 is 0 Å². The smallest absolute Gasteiger partial charge is 0.299 e. The Kier molecular flexibility index (Phi) is 3.40. The summed E-state index contributed by atoms with van der Waals surface area (Å²) >= 11 is 1.44. The molecule has 0 aliphatic heterocycles. The van der Waals surface area contributed by atoms with Crippen LogP contribution in [0.25, 0.3) is 0 Å². The van der Waals surface area contributed by atoms with Crippen LogP contribution in [0.1, 0.15) is 21.7 Å². The molecule has 2 N–H and O–H groups in total. The third-order valence-corrected chi connectivity index (χ3v) is 3.17. The molecule has 1 aromatic carbocycles. The van der Waals surface area contributed by atoms with Gasteiger partial charge in [-0.15, -0.1) is 5.10 Å². The summed E-state index contributed by atoms with van der Waals surface area (Å²) in [6.07, 6.45) is 0. The van der Waals surface area contributed by atoms with E-state index in [1.807, 2.05) is 32.9 Å². The topological polar surface area (TPSA) is 61.0 Å². The van der Waals surface area contributed by atoms with Gasteiger partial charge in [-0.05, 0) is 37.5 Å². The van der Waals surface area contributed by atoms with Crippen LogP contribution in [-0.4, -0.2) is 10.2 Å². The Balaban J connectivity index is 2.33. The van der Waals surface area contributed by atoms with Crippen molar-refractivity contribution in [2.24, 2.45) is 5.73 Å². The highest BCUT2D eigenvalue weighted by molar-refractivity contribution is 7.13. The Bertz CT molecular complexity index is 513. The minimum atomic E-state index is 0.542. The minimum Gasteiger partial charge on any atom is -0.429 e. The molecule has 0 aliphatic rings. The van der Waals surface area contributed by atoms with Crippen LogP contribution in [0.15, 0.2) is 12.1 Å². The van der Waals surface area contributed by atoms with E-state index in [-0.39, 0.29) is 0 Å². The summed E-state index contributed by atoms with van der Waals surface area (Å²) in [7, 11) is 0. The number of ether oxygens (including phenoxy) is 1. The normalized spacial score (nSPS) is 10.6. The molecular weight excluding hydrogens is 234 g/mol. The van der Waals surface area contributed by atoms with E-state index in [1.165, 1.54) is 11.3 Å². The van der Waals surface area contributed by atoms with Crippen molar-refractivity contribution in [1.29, 1.82) is 0 Å². The molecule has 0 radical (unpaired) electrons. The highest BCUT2D eigenvalue weighted by Crippen LogP contribution is 2.31. The van der Waals surface area contributed by atoms with Crippen LogP contribution in [0.5, 0.6) is 10.9 Å². The molecule has 0 saturated heterocycles. The van der Waals surface area contributed by atoms with Crippen molar-refractivity contribution in [3.8, 4) is 10.9 Å². The number of aryl methyl sites for hydroxylation is 3. The van der Waals surface area contributed by atoms with Gasteiger partial charge in [0.25, 0.3) is 5.19 Å². The van der Waals surface area contributed by atoms with Crippen molar-refractivity contribution in [3.63, 3.8) is 0 Å². The molecule has 0 saturated carbocycles. The van der Waals surface area contributed by atoms with Crippen molar-refractivity contribution in [3.05, 3.63) is 33.8 Å². The van der Waals surface area contributed by atoms with Gasteiger partial charge in [0, 0.05) is 6.54 Å². The van der Waals surface area contributed by atoms with Crippen LogP contribution in [-0.2, 0) is 6.54 Å². The van der Waals surface area contributed by atoms with E-state index in [1.54, 1.807) is 0 Å². The summed E-state index contributed by atoms with van der Waals surface area (Å²) in [5.41, 5.74) is 8.88. The molecule has 2 aromatic rings. The standard InChI is InChI=1S/C12H15N3OS/c1-7-4-10(6-13)5-8(2)11(7)16-12-15-14-9(3)17-12/h4-5H,6,13H2,1-3H3. The Morgan fingerprint density at radius 1 is 1.18 bits per heavy atom. The van der Waals surface area contributed by atoms with E-state index >= 15 is 0 Å². The van der Waals surface area contributed by atoms with Crippen LogP contribution in [0.3, 0.4) is 0 Å². The van der Waals surface area contributed by atoms with Gasteiger partial charge in [-0.3, -0.25) is 0 Å². The second-order valence-electron chi connectivity index (χ2n) is 3.95. The molecule has 0 unspecified atom stereocenters. The number of rotatable bonds is 3. The van der Waals surface area contributed by atoms with E-state index in [2.05, 4.69) is 10.2 Å². The molecule has 0 bridgehead atoms. The monoisotopic (exact) mass is 249 g/mol. The lowest BCUT2D eigenvalue weighted by Gasteiger charge is -2.10. The van der Waals surface area contributed by atoms with Crippen molar-refractivity contribution in [2.45, 2.75) is 27.3 Å². The van der Waals surface area contributed by atoms with Crippen molar-refractivity contribution >= 4 is 11.3 Å². The first-order chi connectivity index (χ1) is 8.10. The largest absolute Gasteiger partial charge is 0.429 e. The predicted octanol–water partition coefficient (Wildman–Crippen LogP) is 2.71. The van der Waals surface area contributed by atoms with Gasteiger partial charge in [-0.2, -0.15) is 0 Å². The lowest BCUT2D eigenvalue weighted by Crippen LogP contribution is -1.99. The summed E-state index contributed by atoms with van der Waals surface area (Å²) < 4.78 is 5.76. The van der Waals surface area contributed by atoms with Gasteiger partial charge in [0.15, 0.2) is 0 Å². The first kappa shape index (κ1) is 12.0. The SMILES string of the molecule is Cc1nnc(Oc2c(C)cc(CN)cc2C)s1. The number of hydrogen-bond donors (Lipinski definition) is 1. The van der Waals surface area contributed by atoms with Crippen molar-refractivity contribution in [2.75, 3.05) is 0 Å². The van der Waals surface area contributed by atoms with Gasteiger partial charge in [-0.1, -0.05) is 28.6 Å². The maximum Gasteiger partial charge on any atom is 0.299 e. The molecule has 4 nitrogen and oxygen atoms in total. The fraction of sp³-hybridized carbons (Fsp3) is 0.333. The Labute approximate surface area is 104 Å². The zero-order valence-corrected chi connectivity index (χ0v) is 11.0. The second-order valence-corrected chi connectivity index (χ2v) is 5.10. The van der Waals surface area contributed by atoms with E-state index in [0.717, 1.165) is 27.4 Å². The van der Waals surface area contributed by atoms with Gasteiger partial charge in [0.05, 0.1) is 0 Å². The third-order valence-electron chi connectivity index (χ3n) is 2.45. The molecule has 2 rings (SSSR count). The van der Waals surface area contributed by atoms with Crippen LogP contribution in [0.2, 0.25) is 0 Å². The summed E-state index contributed by atoms with van der Waals surface area (Å²) in [5.74, 6) is 0.846. The molecule has 0 fully saturated rings. The zero-order chi connectivity index (χ0) is 12.4. The maximum atomic E-state index is 5.76. The Morgan fingerprint density at radius 3 is 2.29 bits per heavy atom. The molecule has 0 aliphatic carbocycles. The zero-order valence-electron chi connectivity index (χ0n) is 10.2. The lowest BCUT2D eigenvalue weighted by molar-refractivity contribution is 0.465. The quantitative estimate of drug-likeness (QED) is 0.908. The molecule has 0 spiro atoms. The minimum absolute atomic E-state index is 0.542. The molecule has 17 heavy (non-hydrogen) atoms. The highest BCUT2D eigenvalue weighted by Gasteiger charge is 2.09. The van der Waals surface area contributed by atoms with Gasteiger partial charge in [0.1, 0.15) is 10.8 Å². The first-order valence-corrected chi connectivity index (χ1v) is 6.20. The first-order valence-electron chi connectivity index (χ1n) is 5.38. The van der Waals surface area contributed by atoms with E-state index in [9.17, 15) is 0 Å². The molecular formula is C12H15N3OS. The van der Waals surface area contributed by atoms with Gasteiger partial charge < -0.3 is 10.5 Å². The van der Waals surface area contributed by atoms with E-state index in [4.69, 9.17) is 10.5 Å². The molecule has 0 atom stereocenters. The maximum absolute atomic E-state index is 5.76. The van der Waals surface area contributed by atoms with Crippen LogP contribution >= 0.6 is 11.3 Å². The number of nitrogens with zero attached hydrogens (tertiary/aromatic N) is 2. The summed E-state index contributed by atoms with van der Waals surface area (Å²) in [6, 6.07) is 4.08. The second kappa shape index (κ2) is 4.81. The average Bonchev–Trinajstić information content (AvgIpc) is 2.69. The lowest BCUT2D eigenvalue weighted by atomic mass is 10.1. The fourth-order valence-corrected chi connectivity index (χ4v) is 2.27. The highest BCUT2D eigenvalue weighted by atomic mass is 32.1. The number of hydrogen-bond acceptors (Lipinski definition) is 5.